The number of hydrogen-bond donors (Lipinski definition) is 1. The molecule has 32 heavy (non-hydrogen) atoms. The number of amides is 1. The van der Waals surface area contributed by atoms with Gasteiger partial charge in [0.25, 0.3) is 0 Å². The maximum Gasteiger partial charge on any atom is 0.374 e. The molecule has 0 atom stereocenters. The maximum absolute atomic E-state index is 12.1. The number of aryl methyl sites for hydroxylation is 2. The molecule has 168 valence electrons. The summed E-state index contributed by atoms with van der Waals surface area (Å²) >= 11 is 0. The monoisotopic (exact) mass is 437 g/mol. The first-order valence-electron chi connectivity index (χ1n) is 10.4. The van der Waals surface area contributed by atoms with Gasteiger partial charge in [-0.05, 0) is 43.2 Å². The highest BCUT2D eigenvalue weighted by atomic mass is 16.5. The van der Waals surface area contributed by atoms with Gasteiger partial charge >= 0.3 is 5.97 Å². The standard InChI is InChI=1S/C25H27NO6/c1-18-7-9-19(10-8-18)11-14-24(27)26-15-16-30-25(28)23-13-12-20(32-23)17-31-22-6-4-3-5-21(22)29-2/h3-10,12-13H,11,14-17H2,1-2H3,(H,26,27). The fraction of sp³-hybridized carbons (Fsp3) is 0.280. The van der Waals surface area contributed by atoms with Crippen molar-refractivity contribution in [3.05, 3.63) is 83.3 Å². The van der Waals surface area contributed by atoms with Crippen LogP contribution >= 0.6 is 0 Å². The van der Waals surface area contributed by atoms with Crippen molar-refractivity contribution < 1.29 is 28.2 Å². The maximum atomic E-state index is 12.1. The van der Waals surface area contributed by atoms with Crippen LogP contribution in [0.4, 0.5) is 0 Å². The Hall–Kier alpha value is -3.74. The summed E-state index contributed by atoms with van der Waals surface area (Å²) in [5.74, 6) is 1.06. The zero-order valence-electron chi connectivity index (χ0n) is 18.3. The van der Waals surface area contributed by atoms with E-state index in [1.54, 1.807) is 25.3 Å². The number of benzene rings is 2. The Labute approximate surface area is 187 Å². The zero-order valence-corrected chi connectivity index (χ0v) is 18.3. The fourth-order valence-corrected chi connectivity index (χ4v) is 2.96. The van der Waals surface area contributed by atoms with E-state index in [2.05, 4.69) is 5.32 Å². The summed E-state index contributed by atoms with van der Waals surface area (Å²) in [6, 6.07) is 18.5. The van der Waals surface area contributed by atoms with Gasteiger partial charge in [-0.1, -0.05) is 42.0 Å². The van der Waals surface area contributed by atoms with Gasteiger partial charge in [-0.15, -0.1) is 0 Å². The molecule has 1 amide bonds. The third-order valence-electron chi connectivity index (χ3n) is 4.72. The molecule has 0 bridgehead atoms. The van der Waals surface area contributed by atoms with E-state index >= 15 is 0 Å². The largest absolute Gasteiger partial charge is 0.493 e. The summed E-state index contributed by atoms with van der Waals surface area (Å²) in [5.41, 5.74) is 2.30. The highest BCUT2D eigenvalue weighted by Gasteiger charge is 2.14. The van der Waals surface area contributed by atoms with E-state index in [0.717, 1.165) is 5.56 Å². The summed E-state index contributed by atoms with van der Waals surface area (Å²) in [5, 5.41) is 2.75. The quantitative estimate of drug-likeness (QED) is 0.359. The number of esters is 1. The molecule has 0 radical (unpaired) electrons. The van der Waals surface area contributed by atoms with E-state index in [0.29, 0.717) is 30.1 Å². The van der Waals surface area contributed by atoms with E-state index in [1.165, 1.54) is 11.6 Å². The predicted molar refractivity (Wildman–Crippen MR) is 119 cm³/mol. The molecule has 0 aliphatic carbocycles. The summed E-state index contributed by atoms with van der Waals surface area (Å²) in [4.78, 5) is 24.1. The minimum atomic E-state index is -0.595. The van der Waals surface area contributed by atoms with Crippen molar-refractivity contribution in [3.8, 4) is 11.5 Å². The van der Waals surface area contributed by atoms with Crippen LogP contribution < -0.4 is 14.8 Å². The average Bonchev–Trinajstić information content (AvgIpc) is 3.29. The van der Waals surface area contributed by atoms with Gasteiger partial charge in [0.2, 0.25) is 11.7 Å². The molecule has 2 aromatic carbocycles. The average molecular weight is 437 g/mol. The van der Waals surface area contributed by atoms with E-state index in [9.17, 15) is 9.59 Å². The van der Waals surface area contributed by atoms with Gasteiger partial charge in [0.1, 0.15) is 19.0 Å². The molecular weight excluding hydrogens is 410 g/mol. The van der Waals surface area contributed by atoms with Crippen LogP contribution in [0.25, 0.3) is 0 Å². The SMILES string of the molecule is COc1ccccc1OCc1ccc(C(=O)OCCNC(=O)CCc2ccc(C)cc2)o1. The van der Waals surface area contributed by atoms with Gasteiger partial charge in [-0.2, -0.15) is 0 Å². The fourth-order valence-electron chi connectivity index (χ4n) is 2.96. The van der Waals surface area contributed by atoms with Crippen molar-refractivity contribution in [3.63, 3.8) is 0 Å². The van der Waals surface area contributed by atoms with Crippen LogP contribution in [0.3, 0.4) is 0 Å². The van der Waals surface area contributed by atoms with Crippen LogP contribution in [0.1, 0.15) is 33.9 Å². The molecule has 7 heteroatoms. The Morgan fingerprint density at radius 1 is 0.969 bits per heavy atom. The number of carbonyl (C=O) groups is 2. The van der Waals surface area contributed by atoms with Crippen LogP contribution in [0, 0.1) is 6.92 Å². The van der Waals surface area contributed by atoms with Crippen LogP contribution in [0.2, 0.25) is 0 Å². The highest BCUT2D eigenvalue weighted by molar-refractivity contribution is 5.86. The van der Waals surface area contributed by atoms with E-state index in [-0.39, 0.29) is 31.4 Å². The normalized spacial score (nSPS) is 10.4. The molecule has 0 spiro atoms. The molecule has 0 saturated heterocycles. The molecule has 1 N–H and O–H groups in total. The first kappa shape index (κ1) is 22.9. The van der Waals surface area contributed by atoms with Crippen LogP contribution in [-0.4, -0.2) is 32.1 Å². The number of nitrogens with one attached hydrogen (secondary N) is 1. The molecule has 0 aliphatic rings. The number of hydrogen-bond acceptors (Lipinski definition) is 6. The number of rotatable bonds is 11. The Morgan fingerprint density at radius 3 is 2.47 bits per heavy atom. The van der Waals surface area contributed by atoms with Gasteiger partial charge in [0, 0.05) is 6.42 Å². The lowest BCUT2D eigenvalue weighted by molar-refractivity contribution is -0.121. The zero-order chi connectivity index (χ0) is 22.8. The Balaban J connectivity index is 1.35. The Kier molecular flexibility index (Phi) is 8.31. The molecule has 0 unspecified atom stereocenters. The third kappa shape index (κ3) is 6.91. The summed E-state index contributed by atoms with van der Waals surface area (Å²) in [6.07, 6.45) is 1.04. The number of carbonyl (C=O) groups excluding carboxylic acids is 2. The van der Waals surface area contributed by atoms with Crippen LogP contribution in [0.5, 0.6) is 11.5 Å². The van der Waals surface area contributed by atoms with E-state index < -0.39 is 5.97 Å². The number of methoxy groups -OCH3 is 1. The van der Waals surface area contributed by atoms with Crippen molar-refractivity contribution in [2.24, 2.45) is 0 Å². The van der Waals surface area contributed by atoms with Gasteiger partial charge in [-0.3, -0.25) is 4.79 Å². The predicted octanol–water partition coefficient (Wildman–Crippen LogP) is 4.08. The lowest BCUT2D eigenvalue weighted by atomic mass is 10.1. The Morgan fingerprint density at radius 2 is 1.72 bits per heavy atom. The van der Waals surface area contributed by atoms with Crippen molar-refractivity contribution in [2.75, 3.05) is 20.3 Å². The lowest BCUT2D eigenvalue weighted by Crippen LogP contribution is -2.28. The molecule has 0 saturated carbocycles. The summed E-state index contributed by atoms with van der Waals surface area (Å²) in [6.45, 7) is 2.47. The second-order valence-electron chi connectivity index (χ2n) is 7.18. The molecule has 1 heterocycles. The first-order valence-corrected chi connectivity index (χ1v) is 10.4. The van der Waals surface area contributed by atoms with E-state index in [4.69, 9.17) is 18.6 Å². The highest BCUT2D eigenvalue weighted by Crippen LogP contribution is 2.26. The lowest BCUT2D eigenvalue weighted by Gasteiger charge is -2.08. The van der Waals surface area contributed by atoms with Gasteiger partial charge in [0.05, 0.1) is 13.7 Å². The number of furan rings is 1. The second-order valence-corrected chi connectivity index (χ2v) is 7.18. The minimum Gasteiger partial charge on any atom is -0.493 e. The molecule has 3 aromatic rings. The molecule has 3 rings (SSSR count). The van der Waals surface area contributed by atoms with Crippen molar-refractivity contribution >= 4 is 11.9 Å². The number of ether oxygens (including phenoxy) is 3. The smallest absolute Gasteiger partial charge is 0.374 e. The second kappa shape index (κ2) is 11.6. The van der Waals surface area contributed by atoms with Crippen LogP contribution in [-0.2, 0) is 22.6 Å². The molecular formula is C25H27NO6. The molecule has 0 aliphatic heterocycles. The molecule has 7 nitrogen and oxygen atoms in total. The van der Waals surface area contributed by atoms with Crippen molar-refractivity contribution in [2.45, 2.75) is 26.4 Å². The van der Waals surface area contributed by atoms with Gasteiger partial charge in [-0.25, -0.2) is 4.79 Å². The van der Waals surface area contributed by atoms with Crippen molar-refractivity contribution in [1.29, 1.82) is 0 Å². The van der Waals surface area contributed by atoms with Crippen molar-refractivity contribution in [1.82, 2.24) is 5.32 Å². The summed E-state index contributed by atoms with van der Waals surface area (Å²) < 4.78 is 21.6. The van der Waals surface area contributed by atoms with Gasteiger partial charge < -0.3 is 23.9 Å². The minimum absolute atomic E-state index is 0.0584. The number of para-hydroxylation sites is 2. The first-order chi connectivity index (χ1) is 15.5. The molecule has 0 fully saturated rings. The molecule has 1 aromatic heterocycles. The Bertz CT molecular complexity index is 1020. The van der Waals surface area contributed by atoms with E-state index in [1.807, 2.05) is 43.3 Å². The third-order valence-corrected chi connectivity index (χ3v) is 4.72. The van der Waals surface area contributed by atoms with Gasteiger partial charge in [0.15, 0.2) is 11.5 Å². The summed E-state index contributed by atoms with van der Waals surface area (Å²) in [7, 11) is 1.57. The van der Waals surface area contributed by atoms with Crippen LogP contribution in [0.15, 0.2) is 65.1 Å². The topological polar surface area (TPSA) is 87.0 Å².